The molecule has 326 valence electrons. The van der Waals surface area contributed by atoms with Crippen molar-refractivity contribution in [2.45, 2.75) is 88.0 Å². The first kappa shape index (κ1) is 48.8. The van der Waals surface area contributed by atoms with E-state index in [1.165, 1.54) is 77.3 Å². The number of hydrogen-bond acceptors (Lipinski definition) is 2. The Morgan fingerprint density at radius 3 is 1.83 bits per heavy atom. The molecule has 1 aliphatic heterocycles. The molecule has 0 amide bonds. The molecule has 8 rings (SSSR count). The van der Waals surface area contributed by atoms with Gasteiger partial charge in [-0.25, -0.2) is 0 Å². The van der Waals surface area contributed by atoms with Gasteiger partial charge in [-0.3, -0.25) is 4.79 Å². The van der Waals surface area contributed by atoms with Crippen LogP contribution in [0.2, 0.25) is 0 Å². The molecule has 0 fully saturated rings. The second-order valence-corrected chi connectivity index (χ2v) is 18.0. The summed E-state index contributed by atoms with van der Waals surface area (Å²) in [6.07, 6.45) is 22.9. The number of aryl methyl sites for hydroxylation is 5. The largest absolute Gasteiger partial charge is 0.294 e. The van der Waals surface area contributed by atoms with Crippen LogP contribution >= 0.6 is 11.8 Å². The summed E-state index contributed by atoms with van der Waals surface area (Å²) in [6.45, 7) is 23.0. The third kappa shape index (κ3) is 14.1. The standard InChI is InChI=1S/C28H28OS.C20H22.2C7H8/c1-18-10-6-5-7-11-23(18)25-16-22(15-14-19(25)2)24-12-8-9-13-28-26(24)17-27(29)20(3)21(4)30-28;1-5-8-15(2)13-18-11-12-20(17(4)14-18)19-10-7-6-9-16(19)3;2*1-7-5-3-2-4-6-7/h6-8,10-16H,5,9,17H2,1-4H3;5-12,14H,2,13H2,1,3-4H3;2*2-6H,1H3/b;8-5-;;. The first-order valence-electron chi connectivity index (χ1n) is 22.5. The van der Waals surface area contributed by atoms with E-state index in [0.29, 0.717) is 6.42 Å². The summed E-state index contributed by atoms with van der Waals surface area (Å²) < 4.78 is 0. The number of rotatable bonds is 6. The van der Waals surface area contributed by atoms with Crippen molar-refractivity contribution >= 4 is 28.7 Å². The molecule has 0 radical (unpaired) electrons. The summed E-state index contributed by atoms with van der Waals surface area (Å²) in [5.41, 5.74) is 19.9. The minimum Gasteiger partial charge on any atom is -0.294 e. The fraction of sp³-hybridized carbons (Fsp3) is 0.210. The van der Waals surface area contributed by atoms with E-state index in [1.54, 1.807) is 11.8 Å². The molecular weight excluding hydrogens is 793 g/mol. The van der Waals surface area contributed by atoms with Crippen LogP contribution in [0.4, 0.5) is 0 Å². The third-order valence-corrected chi connectivity index (χ3v) is 12.8. The number of carbonyl (C=O) groups excluding carboxylic acids is 1. The lowest BCUT2D eigenvalue weighted by Gasteiger charge is -2.16. The highest BCUT2D eigenvalue weighted by atomic mass is 32.2. The second kappa shape index (κ2) is 24.6. The molecule has 64 heavy (non-hydrogen) atoms. The average molecular weight is 859 g/mol. The topological polar surface area (TPSA) is 17.1 Å². The smallest absolute Gasteiger partial charge is 0.163 e. The zero-order chi connectivity index (χ0) is 46.0. The summed E-state index contributed by atoms with van der Waals surface area (Å²) in [5.74, 6) is 0.230. The van der Waals surface area contributed by atoms with E-state index in [4.69, 9.17) is 0 Å². The van der Waals surface area contributed by atoms with Crippen LogP contribution in [0.1, 0.15) is 91.5 Å². The maximum Gasteiger partial charge on any atom is 0.163 e. The molecule has 0 bridgehead atoms. The van der Waals surface area contributed by atoms with Gasteiger partial charge < -0.3 is 0 Å². The molecule has 5 aromatic carbocycles. The Hall–Kier alpha value is -6.22. The lowest BCUT2D eigenvalue weighted by atomic mass is 9.89. The van der Waals surface area contributed by atoms with E-state index < -0.39 is 0 Å². The van der Waals surface area contributed by atoms with Crippen molar-refractivity contribution in [3.8, 4) is 11.1 Å². The Morgan fingerprint density at radius 1 is 0.609 bits per heavy atom. The van der Waals surface area contributed by atoms with Crippen molar-refractivity contribution < 1.29 is 4.79 Å². The Labute approximate surface area is 389 Å². The first-order valence-corrected chi connectivity index (χ1v) is 23.3. The molecule has 2 heteroatoms. The van der Waals surface area contributed by atoms with Crippen LogP contribution in [0.5, 0.6) is 0 Å². The van der Waals surface area contributed by atoms with Gasteiger partial charge in [0.2, 0.25) is 0 Å². The molecule has 5 aromatic rings. The average Bonchev–Trinajstić information content (AvgIpc) is 3.66. The van der Waals surface area contributed by atoms with Crippen LogP contribution in [-0.4, -0.2) is 5.78 Å². The maximum atomic E-state index is 12.8. The molecule has 0 aromatic heterocycles. The molecule has 0 atom stereocenters. The Morgan fingerprint density at radius 2 is 1.20 bits per heavy atom. The number of carbonyl (C=O) groups is 1. The highest BCUT2D eigenvalue weighted by molar-refractivity contribution is 8.07. The highest BCUT2D eigenvalue weighted by Gasteiger charge is 2.24. The SMILES string of the molecule is C=C(/C=C\C)Cc1ccc(-c2ccccc2C)c(C)c1.CC1=C(c2cc(C3=C4CC(=O)C(C)=C(C)SC4=CCC=C3)ccc2C)C=CCC=C1.Cc1ccccc1.Cc1ccccc1. The third-order valence-electron chi connectivity index (χ3n) is 11.5. The lowest BCUT2D eigenvalue weighted by molar-refractivity contribution is -0.114. The molecule has 0 saturated carbocycles. The van der Waals surface area contributed by atoms with Crippen LogP contribution in [0.25, 0.3) is 22.3 Å². The van der Waals surface area contributed by atoms with Crippen molar-refractivity contribution in [1.82, 2.24) is 0 Å². The summed E-state index contributed by atoms with van der Waals surface area (Å²) in [5, 5.41) is 0. The van der Waals surface area contributed by atoms with Gasteiger partial charge in [-0.1, -0.05) is 205 Å². The number of ketones is 1. The Bertz CT molecular complexity index is 2630. The number of Topliss-reactive ketones (excluding diaryl/α,β-unsaturated/α-hetero) is 1. The number of fused-ring (bicyclic) bond motifs is 1. The molecule has 0 spiro atoms. The monoisotopic (exact) mass is 858 g/mol. The van der Waals surface area contributed by atoms with Crippen molar-refractivity contribution in [3.05, 3.63) is 259 Å². The van der Waals surface area contributed by atoms with Gasteiger partial charge in [0.15, 0.2) is 5.78 Å². The predicted molar refractivity (Wildman–Crippen MR) is 282 cm³/mol. The predicted octanol–water partition coefficient (Wildman–Crippen LogP) is 17.5. The molecule has 2 aliphatic carbocycles. The molecular formula is C62H66OS. The van der Waals surface area contributed by atoms with Crippen molar-refractivity contribution in [1.29, 1.82) is 0 Å². The second-order valence-electron chi connectivity index (χ2n) is 16.8. The van der Waals surface area contributed by atoms with Crippen LogP contribution < -0.4 is 0 Å². The van der Waals surface area contributed by atoms with Gasteiger partial charge in [0.25, 0.3) is 0 Å². The molecule has 0 saturated heterocycles. The fourth-order valence-corrected chi connectivity index (χ4v) is 8.84. The summed E-state index contributed by atoms with van der Waals surface area (Å²) in [7, 11) is 0. The van der Waals surface area contributed by atoms with Gasteiger partial charge in [0, 0.05) is 16.9 Å². The molecule has 3 aliphatic rings. The molecule has 1 heterocycles. The number of benzene rings is 5. The lowest BCUT2D eigenvalue weighted by Crippen LogP contribution is -2.02. The zero-order valence-corrected chi connectivity index (χ0v) is 40.4. The number of thioether (sulfide) groups is 1. The molecule has 0 unspecified atom stereocenters. The van der Waals surface area contributed by atoms with Gasteiger partial charge in [0.05, 0.1) is 0 Å². The maximum absolute atomic E-state index is 12.8. The van der Waals surface area contributed by atoms with Gasteiger partial charge >= 0.3 is 0 Å². The number of allylic oxidation sites excluding steroid dienone is 16. The van der Waals surface area contributed by atoms with E-state index in [1.807, 2.05) is 56.3 Å². The Balaban J connectivity index is 0.000000192. The van der Waals surface area contributed by atoms with E-state index in [9.17, 15) is 4.79 Å². The summed E-state index contributed by atoms with van der Waals surface area (Å²) in [4.78, 5) is 15.2. The zero-order valence-electron chi connectivity index (χ0n) is 39.6. The van der Waals surface area contributed by atoms with Gasteiger partial charge in [-0.15, -0.1) is 0 Å². The minimum atomic E-state index is 0.230. The minimum absolute atomic E-state index is 0.230. The van der Waals surface area contributed by atoms with Gasteiger partial charge in [-0.2, -0.15) is 0 Å². The Kier molecular flexibility index (Phi) is 18.7. The van der Waals surface area contributed by atoms with Crippen molar-refractivity contribution in [2.24, 2.45) is 0 Å². The van der Waals surface area contributed by atoms with E-state index in [0.717, 1.165) is 40.9 Å². The van der Waals surface area contributed by atoms with Crippen molar-refractivity contribution in [2.75, 3.05) is 0 Å². The van der Waals surface area contributed by atoms with Crippen LogP contribution in [0.15, 0.2) is 215 Å². The summed E-state index contributed by atoms with van der Waals surface area (Å²) >= 11 is 1.75. The van der Waals surface area contributed by atoms with Crippen LogP contribution in [-0.2, 0) is 11.2 Å². The van der Waals surface area contributed by atoms with Gasteiger partial charge in [0.1, 0.15) is 0 Å². The van der Waals surface area contributed by atoms with Gasteiger partial charge in [-0.05, 0) is 159 Å². The van der Waals surface area contributed by atoms with E-state index in [-0.39, 0.29) is 5.78 Å². The normalized spacial score (nSPS) is 14.5. The highest BCUT2D eigenvalue weighted by Crippen LogP contribution is 2.43. The number of hydrogen-bond donors (Lipinski definition) is 0. The first-order chi connectivity index (χ1) is 30.9. The quantitative estimate of drug-likeness (QED) is 0.158. The van der Waals surface area contributed by atoms with Crippen LogP contribution in [0.3, 0.4) is 0 Å². The van der Waals surface area contributed by atoms with Crippen molar-refractivity contribution in [3.63, 3.8) is 0 Å². The molecule has 0 N–H and O–H groups in total. The van der Waals surface area contributed by atoms with Crippen LogP contribution in [0, 0.1) is 34.6 Å². The summed E-state index contributed by atoms with van der Waals surface area (Å²) in [6, 6.07) is 42.5. The van der Waals surface area contributed by atoms with E-state index in [2.05, 4.69) is 189 Å². The van der Waals surface area contributed by atoms with E-state index >= 15 is 0 Å². The fourth-order valence-electron chi connectivity index (χ4n) is 7.76. The molecule has 1 nitrogen and oxygen atoms in total.